The third-order valence-corrected chi connectivity index (χ3v) is 6.34. The molecule has 4 heteroatoms. The van der Waals surface area contributed by atoms with Gasteiger partial charge < -0.3 is 11.1 Å². The summed E-state index contributed by atoms with van der Waals surface area (Å²) in [6.07, 6.45) is 12.6. The number of nitrogen functional groups attached to an aromatic ring is 1. The summed E-state index contributed by atoms with van der Waals surface area (Å²) in [5.41, 5.74) is 7.23. The van der Waals surface area contributed by atoms with Crippen molar-refractivity contribution < 1.29 is 0 Å². The lowest BCUT2D eigenvalue weighted by Gasteiger charge is -2.59. The summed E-state index contributed by atoms with van der Waals surface area (Å²) in [4.78, 5) is 8.15. The van der Waals surface area contributed by atoms with E-state index in [0.717, 1.165) is 29.9 Å². The molecule has 1 aromatic heterocycles. The van der Waals surface area contributed by atoms with Crippen LogP contribution in [0.1, 0.15) is 51.0 Å². The number of anilines is 1. The molecule has 4 fully saturated rings. The Hall–Kier alpha value is -1.16. The molecule has 1 unspecified atom stereocenters. The van der Waals surface area contributed by atoms with Crippen molar-refractivity contribution in [2.45, 2.75) is 58.0 Å². The molecule has 1 atom stereocenters. The molecule has 0 spiro atoms. The van der Waals surface area contributed by atoms with Crippen LogP contribution in [0.5, 0.6) is 0 Å². The highest BCUT2D eigenvalue weighted by Crippen LogP contribution is 2.61. The number of aromatic nitrogens is 2. The molecule has 4 nitrogen and oxygen atoms in total. The van der Waals surface area contributed by atoms with Crippen LogP contribution < -0.4 is 11.1 Å². The molecule has 4 saturated carbocycles. The maximum Gasteiger partial charge on any atom is 0.219 e. The maximum absolute atomic E-state index is 5.54. The lowest BCUT2D eigenvalue weighted by atomic mass is 9.48. The number of nitrogens with zero attached hydrogens (tertiary/aromatic N) is 2. The first-order chi connectivity index (χ1) is 10.1. The van der Waals surface area contributed by atoms with Gasteiger partial charge in [0.25, 0.3) is 0 Å². The summed E-state index contributed by atoms with van der Waals surface area (Å²) in [5, 5.41) is 3.75. The van der Waals surface area contributed by atoms with Crippen molar-refractivity contribution in [1.29, 1.82) is 0 Å². The van der Waals surface area contributed by atoms with Gasteiger partial charge in [0.05, 0.1) is 0 Å². The molecule has 5 rings (SSSR count). The zero-order chi connectivity index (χ0) is 14.4. The summed E-state index contributed by atoms with van der Waals surface area (Å²) in [6, 6.07) is 0.587. The van der Waals surface area contributed by atoms with E-state index < -0.39 is 0 Å². The molecule has 1 heterocycles. The van der Waals surface area contributed by atoms with E-state index in [1.807, 2.05) is 12.4 Å². The average Bonchev–Trinajstić information content (AvgIpc) is 2.45. The van der Waals surface area contributed by atoms with Crippen LogP contribution in [-0.4, -0.2) is 16.0 Å². The Kier molecular flexibility index (Phi) is 3.18. The zero-order valence-electron chi connectivity index (χ0n) is 12.9. The van der Waals surface area contributed by atoms with Gasteiger partial charge in [0, 0.05) is 30.5 Å². The molecule has 0 saturated heterocycles. The Bertz CT molecular complexity index is 475. The van der Waals surface area contributed by atoms with Crippen LogP contribution in [-0.2, 0) is 6.54 Å². The molecule has 3 N–H and O–H groups in total. The standard InChI is InChI=1S/C17H26N4/c1-11(19-8-15-9-20-16(18)21-10-15)17-5-12-2-13(6-17)4-14(3-12)7-17/h9-14,19H,2-8H2,1H3,(H2,18,20,21). The summed E-state index contributed by atoms with van der Waals surface area (Å²) >= 11 is 0. The van der Waals surface area contributed by atoms with Crippen molar-refractivity contribution in [3.8, 4) is 0 Å². The first kappa shape index (κ1) is 13.5. The Morgan fingerprint density at radius 3 is 2.19 bits per heavy atom. The summed E-state index contributed by atoms with van der Waals surface area (Å²) in [7, 11) is 0. The van der Waals surface area contributed by atoms with Crippen molar-refractivity contribution in [2.75, 3.05) is 5.73 Å². The van der Waals surface area contributed by atoms with E-state index >= 15 is 0 Å². The molecule has 0 aliphatic heterocycles. The SMILES string of the molecule is CC(NCc1cnc(N)nc1)C12CC3CC(CC(C3)C1)C2. The molecule has 4 aliphatic rings. The first-order valence-corrected chi connectivity index (χ1v) is 8.43. The second-order valence-corrected chi connectivity index (χ2v) is 7.83. The molecule has 114 valence electrons. The van der Waals surface area contributed by atoms with Gasteiger partial charge in [-0.15, -0.1) is 0 Å². The second-order valence-electron chi connectivity index (χ2n) is 7.83. The van der Waals surface area contributed by atoms with Gasteiger partial charge in [-0.1, -0.05) is 0 Å². The van der Waals surface area contributed by atoms with E-state index in [0.29, 0.717) is 17.4 Å². The summed E-state index contributed by atoms with van der Waals surface area (Å²) < 4.78 is 0. The van der Waals surface area contributed by atoms with Crippen molar-refractivity contribution in [1.82, 2.24) is 15.3 Å². The van der Waals surface area contributed by atoms with Crippen molar-refractivity contribution in [3.05, 3.63) is 18.0 Å². The minimum absolute atomic E-state index is 0.355. The average molecular weight is 286 g/mol. The normalized spacial score (nSPS) is 38.6. The van der Waals surface area contributed by atoms with E-state index in [9.17, 15) is 0 Å². The highest BCUT2D eigenvalue weighted by Gasteiger charge is 2.52. The smallest absolute Gasteiger partial charge is 0.219 e. The van der Waals surface area contributed by atoms with Gasteiger partial charge in [-0.3, -0.25) is 0 Å². The van der Waals surface area contributed by atoms with Crippen molar-refractivity contribution in [3.63, 3.8) is 0 Å². The van der Waals surface area contributed by atoms with Gasteiger partial charge >= 0.3 is 0 Å². The van der Waals surface area contributed by atoms with Crippen LogP contribution in [0.25, 0.3) is 0 Å². The molecule has 4 aliphatic carbocycles. The predicted octanol–water partition coefficient (Wildman–Crippen LogP) is 2.75. The lowest BCUT2D eigenvalue weighted by molar-refractivity contribution is -0.0706. The third kappa shape index (κ3) is 2.44. The lowest BCUT2D eigenvalue weighted by Crippen LogP contribution is -2.54. The quantitative estimate of drug-likeness (QED) is 0.893. The molecular formula is C17H26N4. The van der Waals surface area contributed by atoms with E-state index in [-0.39, 0.29) is 0 Å². The number of hydrogen-bond donors (Lipinski definition) is 2. The van der Waals surface area contributed by atoms with E-state index in [1.54, 1.807) is 0 Å². The monoisotopic (exact) mass is 286 g/mol. The van der Waals surface area contributed by atoms with Crippen LogP contribution in [0, 0.1) is 23.2 Å². The number of nitrogens with two attached hydrogens (primary N) is 1. The van der Waals surface area contributed by atoms with Crippen LogP contribution in [0.15, 0.2) is 12.4 Å². The minimum atomic E-state index is 0.355. The Labute approximate surface area is 126 Å². The molecule has 0 radical (unpaired) electrons. The molecular weight excluding hydrogens is 260 g/mol. The van der Waals surface area contributed by atoms with Gasteiger partial charge in [-0.25, -0.2) is 9.97 Å². The fourth-order valence-electron chi connectivity index (χ4n) is 5.65. The van der Waals surface area contributed by atoms with E-state index in [2.05, 4.69) is 22.2 Å². The zero-order valence-corrected chi connectivity index (χ0v) is 12.9. The van der Waals surface area contributed by atoms with Gasteiger partial charge in [0.15, 0.2) is 0 Å². The third-order valence-electron chi connectivity index (χ3n) is 6.34. The van der Waals surface area contributed by atoms with Crippen molar-refractivity contribution >= 4 is 5.95 Å². The molecule has 0 aromatic carbocycles. The summed E-state index contributed by atoms with van der Waals surface area (Å²) in [6.45, 7) is 3.24. The fourth-order valence-corrected chi connectivity index (χ4v) is 5.65. The number of hydrogen-bond acceptors (Lipinski definition) is 4. The van der Waals surface area contributed by atoms with Gasteiger partial charge in [0.1, 0.15) is 0 Å². The Morgan fingerprint density at radius 2 is 1.67 bits per heavy atom. The highest BCUT2D eigenvalue weighted by molar-refractivity contribution is 5.17. The van der Waals surface area contributed by atoms with Crippen molar-refractivity contribution in [2.24, 2.45) is 23.2 Å². The van der Waals surface area contributed by atoms with Gasteiger partial charge in [-0.2, -0.15) is 0 Å². The van der Waals surface area contributed by atoms with E-state index in [4.69, 9.17) is 5.73 Å². The molecule has 4 bridgehead atoms. The highest BCUT2D eigenvalue weighted by atomic mass is 15.0. The second kappa shape index (κ2) is 4.94. The summed E-state index contributed by atoms with van der Waals surface area (Å²) in [5.74, 6) is 3.40. The van der Waals surface area contributed by atoms with Crippen LogP contribution in [0.4, 0.5) is 5.95 Å². The molecule has 1 aromatic rings. The minimum Gasteiger partial charge on any atom is -0.368 e. The predicted molar refractivity (Wildman–Crippen MR) is 83.4 cm³/mol. The van der Waals surface area contributed by atoms with E-state index in [1.165, 1.54) is 38.5 Å². The molecule has 0 amide bonds. The van der Waals surface area contributed by atoms with Gasteiger partial charge in [-0.05, 0) is 68.6 Å². The maximum atomic E-state index is 5.54. The van der Waals surface area contributed by atoms with Crippen LogP contribution >= 0.6 is 0 Å². The fraction of sp³-hybridized carbons (Fsp3) is 0.765. The van der Waals surface area contributed by atoms with Gasteiger partial charge in [0.2, 0.25) is 5.95 Å². The number of rotatable bonds is 4. The topological polar surface area (TPSA) is 63.8 Å². The Morgan fingerprint density at radius 1 is 1.14 bits per heavy atom. The number of nitrogens with one attached hydrogen (secondary N) is 1. The largest absolute Gasteiger partial charge is 0.368 e. The van der Waals surface area contributed by atoms with Crippen LogP contribution in [0.3, 0.4) is 0 Å². The molecule has 21 heavy (non-hydrogen) atoms. The van der Waals surface area contributed by atoms with Crippen LogP contribution in [0.2, 0.25) is 0 Å². The Balaban J connectivity index is 1.42. The first-order valence-electron chi connectivity index (χ1n) is 8.43.